The van der Waals surface area contributed by atoms with Crippen LogP contribution in [0.2, 0.25) is 0 Å². The number of hydrogen-bond acceptors (Lipinski definition) is 6. The molecule has 2 heterocycles. The van der Waals surface area contributed by atoms with Gasteiger partial charge in [-0.1, -0.05) is 38.5 Å². The summed E-state index contributed by atoms with van der Waals surface area (Å²) in [6.45, 7) is 11.7. The Bertz CT molecular complexity index is 1360. The number of nitrogens with zero attached hydrogens (tertiary/aromatic N) is 1. The monoisotopic (exact) mass is 469 g/mol. The zero-order chi connectivity index (χ0) is 24.6. The summed E-state index contributed by atoms with van der Waals surface area (Å²) >= 11 is 0. The minimum absolute atomic E-state index is 0.00362. The number of amides is 1. The van der Waals surface area contributed by atoms with Gasteiger partial charge in [0.05, 0.1) is 4.90 Å². The Hall–Kier alpha value is -3.46. The number of aryl methyl sites for hydroxylation is 3. The number of rotatable bonds is 5. The van der Waals surface area contributed by atoms with Crippen LogP contribution in [-0.2, 0) is 15.4 Å². The normalized spacial score (nSPS) is 11.8. The van der Waals surface area contributed by atoms with Gasteiger partial charge in [0.1, 0.15) is 11.3 Å². The molecule has 0 aliphatic carbocycles. The molecule has 8 nitrogen and oxygen atoms in total. The molecular weight excluding hydrogens is 442 g/mol. The quantitative estimate of drug-likeness (QED) is 0.585. The Kier molecular flexibility index (Phi) is 6.46. The zero-order valence-electron chi connectivity index (χ0n) is 19.4. The average molecular weight is 470 g/mol. The summed E-state index contributed by atoms with van der Waals surface area (Å²) in [6.07, 6.45) is 1.19. The maximum Gasteiger partial charge on any atom is 0.270 e. The van der Waals surface area contributed by atoms with E-state index in [1.807, 2.05) is 58.4 Å². The van der Waals surface area contributed by atoms with Crippen molar-refractivity contribution in [3.63, 3.8) is 0 Å². The molecule has 0 atom stereocenters. The molecule has 9 heteroatoms. The van der Waals surface area contributed by atoms with E-state index in [9.17, 15) is 18.0 Å². The van der Waals surface area contributed by atoms with Crippen LogP contribution in [0.3, 0.4) is 0 Å². The number of aromatic amines is 1. The molecule has 1 aromatic carbocycles. The van der Waals surface area contributed by atoms with Gasteiger partial charge in [-0.2, -0.15) is 0 Å². The van der Waals surface area contributed by atoms with Crippen LogP contribution in [0.25, 0.3) is 0 Å². The molecule has 174 valence electrons. The van der Waals surface area contributed by atoms with E-state index < -0.39 is 21.5 Å². The lowest BCUT2D eigenvalue weighted by molar-refractivity contribution is 0.0978. The number of pyridine rings is 2. The summed E-state index contributed by atoms with van der Waals surface area (Å²) in [5, 5.41) is 0. The summed E-state index contributed by atoms with van der Waals surface area (Å²) in [5.41, 5.74) is 2.48. The second-order valence-corrected chi connectivity index (χ2v) is 10.6. The molecule has 1 amide bonds. The summed E-state index contributed by atoms with van der Waals surface area (Å²) in [6, 6.07) is 9.14. The topological polar surface area (TPSA) is 118 Å². The Morgan fingerprint density at radius 2 is 1.67 bits per heavy atom. The second kappa shape index (κ2) is 8.82. The van der Waals surface area contributed by atoms with Crippen molar-refractivity contribution in [2.24, 2.45) is 0 Å². The maximum absolute atomic E-state index is 13.0. The van der Waals surface area contributed by atoms with Crippen molar-refractivity contribution in [3.8, 4) is 11.6 Å². The molecule has 3 aromatic rings. The Morgan fingerprint density at radius 3 is 2.24 bits per heavy atom. The van der Waals surface area contributed by atoms with Crippen molar-refractivity contribution in [3.05, 3.63) is 80.9 Å². The first kappa shape index (κ1) is 24.2. The molecule has 0 unspecified atom stereocenters. The number of carbonyl (C=O) groups excluding carboxylic acids is 1. The number of hydrogen-bond donors (Lipinski definition) is 2. The van der Waals surface area contributed by atoms with Crippen molar-refractivity contribution in [2.75, 3.05) is 0 Å². The van der Waals surface area contributed by atoms with E-state index in [-0.39, 0.29) is 21.8 Å². The molecule has 0 aliphatic rings. The standard InChI is InChI=1S/C24H27N3O5S/c1-14-11-15(2)21(16(3)12-14)32-23-18(7-8-19(26-23)24(4,5)6)22(29)27-33(30,31)17-9-10-25-20(28)13-17/h7-13H,1-6H3,(H,25,28)(H,27,29). The molecule has 0 aliphatic heterocycles. The first-order chi connectivity index (χ1) is 15.3. The van der Waals surface area contributed by atoms with Gasteiger partial charge < -0.3 is 9.72 Å². The smallest absolute Gasteiger partial charge is 0.270 e. The van der Waals surface area contributed by atoms with Gasteiger partial charge in [0, 0.05) is 23.4 Å². The third kappa shape index (κ3) is 5.48. The number of nitrogens with one attached hydrogen (secondary N) is 2. The van der Waals surface area contributed by atoms with E-state index in [1.54, 1.807) is 6.07 Å². The predicted octanol–water partition coefficient (Wildman–Crippen LogP) is 3.90. The molecule has 0 saturated carbocycles. The first-order valence-corrected chi connectivity index (χ1v) is 11.8. The van der Waals surface area contributed by atoms with Crippen LogP contribution in [0.5, 0.6) is 11.6 Å². The third-order valence-corrected chi connectivity index (χ3v) is 6.29. The van der Waals surface area contributed by atoms with E-state index in [0.29, 0.717) is 11.4 Å². The maximum atomic E-state index is 13.0. The van der Waals surface area contributed by atoms with Crippen LogP contribution in [-0.4, -0.2) is 24.3 Å². The summed E-state index contributed by atoms with van der Waals surface area (Å²) in [4.78, 5) is 31.1. The fourth-order valence-electron chi connectivity index (χ4n) is 3.36. The fraction of sp³-hybridized carbons (Fsp3) is 0.292. The molecule has 0 bridgehead atoms. The lowest BCUT2D eigenvalue weighted by atomic mass is 9.91. The van der Waals surface area contributed by atoms with E-state index in [4.69, 9.17) is 4.74 Å². The average Bonchev–Trinajstić information content (AvgIpc) is 2.69. The van der Waals surface area contributed by atoms with Crippen molar-refractivity contribution in [1.82, 2.24) is 14.7 Å². The molecule has 0 fully saturated rings. The Morgan fingerprint density at radius 1 is 1.03 bits per heavy atom. The third-order valence-electron chi connectivity index (χ3n) is 4.96. The highest BCUT2D eigenvalue weighted by atomic mass is 32.2. The number of ether oxygens (including phenoxy) is 1. The van der Waals surface area contributed by atoms with Crippen LogP contribution in [0, 0.1) is 20.8 Å². The van der Waals surface area contributed by atoms with Crippen molar-refractivity contribution in [1.29, 1.82) is 0 Å². The van der Waals surface area contributed by atoms with Gasteiger partial charge in [-0.25, -0.2) is 18.1 Å². The first-order valence-electron chi connectivity index (χ1n) is 10.3. The van der Waals surface area contributed by atoms with Gasteiger partial charge in [0.25, 0.3) is 15.9 Å². The van der Waals surface area contributed by atoms with E-state index >= 15 is 0 Å². The predicted molar refractivity (Wildman–Crippen MR) is 125 cm³/mol. The highest BCUT2D eigenvalue weighted by Crippen LogP contribution is 2.32. The molecule has 0 saturated heterocycles. The van der Waals surface area contributed by atoms with E-state index in [0.717, 1.165) is 22.8 Å². The van der Waals surface area contributed by atoms with Gasteiger partial charge in [-0.3, -0.25) is 9.59 Å². The largest absolute Gasteiger partial charge is 0.438 e. The van der Waals surface area contributed by atoms with E-state index in [2.05, 4.69) is 9.97 Å². The summed E-state index contributed by atoms with van der Waals surface area (Å²) in [5.74, 6) is -0.373. The molecular formula is C24H27N3O5S. The van der Waals surface area contributed by atoms with Crippen LogP contribution in [0.1, 0.15) is 53.5 Å². The van der Waals surface area contributed by atoms with Crippen molar-refractivity contribution >= 4 is 15.9 Å². The molecule has 33 heavy (non-hydrogen) atoms. The Balaban J connectivity index is 2.06. The van der Waals surface area contributed by atoms with Gasteiger partial charge in [-0.05, 0) is 50.1 Å². The van der Waals surface area contributed by atoms with Crippen LogP contribution < -0.4 is 15.0 Å². The van der Waals surface area contributed by atoms with Crippen molar-refractivity contribution < 1.29 is 17.9 Å². The minimum Gasteiger partial charge on any atom is -0.438 e. The highest BCUT2D eigenvalue weighted by Gasteiger charge is 2.25. The van der Waals surface area contributed by atoms with Crippen LogP contribution in [0.4, 0.5) is 0 Å². The number of sulfonamides is 1. The molecule has 2 aromatic heterocycles. The molecule has 3 rings (SSSR count). The zero-order valence-corrected chi connectivity index (χ0v) is 20.3. The fourth-order valence-corrected chi connectivity index (χ4v) is 4.34. The summed E-state index contributed by atoms with van der Waals surface area (Å²) < 4.78 is 33.4. The van der Waals surface area contributed by atoms with Gasteiger partial charge in [0.2, 0.25) is 11.4 Å². The Labute approximate surface area is 193 Å². The van der Waals surface area contributed by atoms with Gasteiger partial charge in [0.15, 0.2) is 0 Å². The van der Waals surface area contributed by atoms with Crippen molar-refractivity contribution in [2.45, 2.75) is 51.9 Å². The highest BCUT2D eigenvalue weighted by molar-refractivity contribution is 7.90. The number of carbonyl (C=O) groups is 1. The molecule has 2 N–H and O–H groups in total. The van der Waals surface area contributed by atoms with E-state index in [1.165, 1.54) is 18.3 Å². The van der Waals surface area contributed by atoms with Crippen LogP contribution in [0.15, 0.2) is 52.3 Å². The lowest BCUT2D eigenvalue weighted by Crippen LogP contribution is -2.32. The molecule has 0 radical (unpaired) electrons. The SMILES string of the molecule is Cc1cc(C)c(Oc2nc(C(C)(C)C)ccc2C(=O)NS(=O)(=O)c2cc[nH]c(=O)c2)c(C)c1. The number of benzene rings is 1. The van der Waals surface area contributed by atoms with Crippen LogP contribution >= 0.6 is 0 Å². The number of H-pyrrole nitrogens is 1. The van der Waals surface area contributed by atoms with Gasteiger partial charge in [-0.15, -0.1) is 0 Å². The van der Waals surface area contributed by atoms with Gasteiger partial charge >= 0.3 is 0 Å². The second-order valence-electron chi connectivity index (χ2n) is 8.95. The molecule has 0 spiro atoms. The minimum atomic E-state index is -4.28. The summed E-state index contributed by atoms with van der Waals surface area (Å²) in [7, 11) is -4.28. The lowest BCUT2D eigenvalue weighted by Gasteiger charge is -2.21. The number of aromatic nitrogens is 2.